The Morgan fingerprint density at radius 1 is 0.444 bits per heavy atom. The van der Waals surface area contributed by atoms with Crippen LogP contribution in [0.1, 0.15) is 25.7 Å². The van der Waals surface area contributed by atoms with Crippen LogP contribution in [-0.4, -0.2) is 142 Å². The third kappa shape index (κ3) is 28.7. The SMILES string of the molecule is NCCCCCCN.O=C(O)CN(CCN(CC(=O)O)CC(=O)O)CCN(CC(=O)O)CC(=O)O.[Dy+3]. The van der Waals surface area contributed by atoms with E-state index >= 15 is 0 Å². The van der Waals surface area contributed by atoms with E-state index in [9.17, 15) is 24.0 Å². The Bertz CT molecular complexity index is 578. The van der Waals surface area contributed by atoms with Gasteiger partial charge in [-0.25, -0.2) is 0 Å². The van der Waals surface area contributed by atoms with Gasteiger partial charge in [0.2, 0.25) is 0 Å². The van der Waals surface area contributed by atoms with Crippen LogP contribution in [0.25, 0.3) is 0 Å². The Balaban J connectivity index is -0.00000104. The molecule has 0 heterocycles. The monoisotopic (exact) mass is 673 g/mol. The fraction of sp³-hybridized carbons (Fsp3) is 0.750. The normalized spacial score (nSPS) is 10.5. The van der Waals surface area contributed by atoms with Gasteiger partial charge in [-0.05, 0) is 25.9 Å². The van der Waals surface area contributed by atoms with Crippen LogP contribution >= 0.6 is 0 Å². The van der Waals surface area contributed by atoms with E-state index in [0.29, 0.717) is 0 Å². The second kappa shape index (κ2) is 25.1. The van der Waals surface area contributed by atoms with E-state index in [0.717, 1.165) is 35.7 Å². The Labute approximate surface area is 240 Å². The first-order chi connectivity index (χ1) is 16.4. The minimum atomic E-state index is -1.24. The fourth-order valence-electron chi connectivity index (χ4n) is 2.86. The topological polar surface area (TPSA) is 248 Å². The predicted molar refractivity (Wildman–Crippen MR) is 124 cm³/mol. The van der Waals surface area contributed by atoms with E-state index < -0.39 is 62.6 Å². The van der Waals surface area contributed by atoms with E-state index in [4.69, 9.17) is 37.0 Å². The summed E-state index contributed by atoms with van der Waals surface area (Å²) in [6.07, 6.45) is 4.79. The summed E-state index contributed by atoms with van der Waals surface area (Å²) in [6, 6.07) is 0. The minimum Gasteiger partial charge on any atom is -0.480 e. The summed E-state index contributed by atoms with van der Waals surface area (Å²) < 4.78 is 0. The zero-order chi connectivity index (χ0) is 27.2. The number of unbranched alkanes of at least 4 members (excludes halogenated alkanes) is 3. The summed E-state index contributed by atoms with van der Waals surface area (Å²) in [5.41, 5.74) is 10.6. The van der Waals surface area contributed by atoms with E-state index in [1.807, 2.05) is 0 Å². The molecular weight excluding hydrogens is 633 g/mol. The first-order valence-electron chi connectivity index (χ1n) is 11.1. The molecule has 0 fully saturated rings. The molecule has 0 aromatic carbocycles. The van der Waals surface area contributed by atoms with Gasteiger partial charge < -0.3 is 37.0 Å². The first kappa shape index (κ1) is 38.9. The third-order valence-electron chi connectivity index (χ3n) is 4.42. The average Bonchev–Trinajstić information content (AvgIpc) is 2.71. The molecule has 36 heavy (non-hydrogen) atoms. The van der Waals surface area contributed by atoms with E-state index in [1.165, 1.54) is 17.7 Å². The van der Waals surface area contributed by atoms with Crippen molar-refractivity contribution in [3.63, 3.8) is 0 Å². The van der Waals surface area contributed by atoms with Crippen molar-refractivity contribution in [3.8, 4) is 0 Å². The molecule has 0 rings (SSSR count). The molecular formula is C20H39DyN5O10+3. The van der Waals surface area contributed by atoms with Gasteiger partial charge in [0.25, 0.3) is 0 Å². The van der Waals surface area contributed by atoms with Crippen molar-refractivity contribution in [1.29, 1.82) is 0 Å². The molecule has 0 bridgehead atoms. The van der Waals surface area contributed by atoms with Gasteiger partial charge >= 0.3 is 68.0 Å². The maximum absolute atomic E-state index is 11.0. The number of carbonyl (C=O) groups is 5. The van der Waals surface area contributed by atoms with Gasteiger partial charge in [-0.3, -0.25) is 38.7 Å². The second-order valence-electron chi connectivity index (χ2n) is 7.66. The quantitative estimate of drug-likeness (QED) is 0.0639. The summed E-state index contributed by atoms with van der Waals surface area (Å²) in [6.45, 7) is -1.09. The number of carboxylic acids is 5. The minimum absolute atomic E-state index is 0. The van der Waals surface area contributed by atoms with Gasteiger partial charge in [0.15, 0.2) is 0 Å². The standard InChI is InChI=1S/C14H23N3O10.C6H16N2.Dy/c18-10(19)5-15(1-3-16(6-11(20)21)7-12(22)23)2-4-17(8-13(24)25)9-14(26)27;7-5-3-1-2-4-6-8;/h1-9H2,(H,18,19)(H,20,21)(H,22,23)(H,24,25)(H,26,27);1-8H2;/q;;+3. The molecule has 0 aliphatic rings. The molecule has 0 aromatic heterocycles. The fourth-order valence-corrected chi connectivity index (χ4v) is 2.86. The van der Waals surface area contributed by atoms with Crippen molar-refractivity contribution in [1.82, 2.24) is 14.7 Å². The molecule has 211 valence electrons. The predicted octanol–water partition coefficient (Wildman–Crippen LogP) is -2.22. The maximum Gasteiger partial charge on any atom is 3.00 e. The Kier molecular flexibility index (Phi) is 27.1. The van der Waals surface area contributed by atoms with Crippen LogP contribution < -0.4 is 11.5 Å². The zero-order valence-electron chi connectivity index (χ0n) is 20.2. The van der Waals surface area contributed by atoms with Crippen LogP contribution in [0.4, 0.5) is 0 Å². The molecule has 15 nitrogen and oxygen atoms in total. The van der Waals surface area contributed by atoms with Crippen LogP contribution in [0.3, 0.4) is 0 Å². The van der Waals surface area contributed by atoms with Crippen molar-refractivity contribution < 1.29 is 87.7 Å². The molecule has 0 saturated heterocycles. The third-order valence-corrected chi connectivity index (χ3v) is 4.42. The number of rotatable bonds is 21. The van der Waals surface area contributed by atoms with Crippen LogP contribution in [-0.2, 0) is 24.0 Å². The summed E-state index contributed by atoms with van der Waals surface area (Å²) in [5, 5.41) is 44.1. The molecule has 16 heteroatoms. The molecule has 0 unspecified atom stereocenters. The van der Waals surface area contributed by atoms with Gasteiger partial charge in [-0.1, -0.05) is 12.8 Å². The number of nitrogens with zero attached hydrogens (tertiary/aromatic N) is 3. The Morgan fingerprint density at radius 2 is 0.667 bits per heavy atom. The molecule has 0 aliphatic carbocycles. The smallest absolute Gasteiger partial charge is 0.480 e. The number of carboxylic acid groups (broad SMARTS) is 5. The van der Waals surface area contributed by atoms with Gasteiger partial charge in [-0.2, -0.15) is 0 Å². The summed E-state index contributed by atoms with van der Waals surface area (Å²) >= 11 is 0. The number of aliphatic carboxylic acids is 5. The second-order valence-corrected chi connectivity index (χ2v) is 7.66. The molecule has 9 N–H and O–H groups in total. The molecule has 1 radical (unpaired) electrons. The van der Waals surface area contributed by atoms with Crippen molar-refractivity contribution >= 4 is 29.8 Å². The number of hydrogen-bond donors (Lipinski definition) is 7. The number of hydrogen-bond acceptors (Lipinski definition) is 10. The first-order valence-corrected chi connectivity index (χ1v) is 11.1. The molecule has 0 atom stereocenters. The van der Waals surface area contributed by atoms with E-state index in [2.05, 4.69) is 0 Å². The Morgan fingerprint density at radius 3 is 0.889 bits per heavy atom. The van der Waals surface area contributed by atoms with Crippen LogP contribution in [0.15, 0.2) is 0 Å². The molecule has 0 aliphatic heterocycles. The van der Waals surface area contributed by atoms with E-state index in [1.54, 1.807) is 0 Å². The molecule has 0 aromatic rings. The van der Waals surface area contributed by atoms with Crippen molar-refractivity contribution in [3.05, 3.63) is 0 Å². The van der Waals surface area contributed by atoms with Crippen LogP contribution in [0, 0.1) is 38.2 Å². The largest absolute Gasteiger partial charge is 3.00 e. The van der Waals surface area contributed by atoms with Crippen molar-refractivity contribution in [2.24, 2.45) is 11.5 Å². The number of nitrogens with two attached hydrogens (primary N) is 2. The maximum atomic E-state index is 11.0. The van der Waals surface area contributed by atoms with Crippen LogP contribution in [0.2, 0.25) is 0 Å². The van der Waals surface area contributed by atoms with Crippen molar-refractivity contribution in [2.45, 2.75) is 25.7 Å². The molecule has 0 amide bonds. The average molecular weight is 672 g/mol. The molecule has 0 saturated carbocycles. The summed E-state index contributed by atoms with van der Waals surface area (Å²) in [7, 11) is 0. The molecule has 0 spiro atoms. The van der Waals surface area contributed by atoms with Crippen LogP contribution in [0.5, 0.6) is 0 Å². The van der Waals surface area contributed by atoms with Crippen molar-refractivity contribution in [2.75, 3.05) is 72.0 Å². The van der Waals surface area contributed by atoms with Gasteiger partial charge in [-0.15, -0.1) is 0 Å². The van der Waals surface area contributed by atoms with Gasteiger partial charge in [0, 0.05) is 26.2 Å². The Hall–Kier alpha value is -1.58. The summed E-state index contributed by atoms with van der Waals surface area (Å²) in [4.78, 5) is 57.6. The van der Waals surface area contributed by atoms with E-state index in [-0.39, 0.29) is 64.4 Å². The summed E-state index contributed by atoms with van der Waals surface area (Å²) in [5.74, 6) is -6.16. The van der Waals surface area contributed by atoms with Gasteiger partial charge in [0.05, 0.1) is 32.7 Å². The zero-order valence-corrected chi connectivity index (χ0v) is 22.2. The van der Waals surface area contributed by atoms with Gasteiger partial charge in [0.1, 0.15) is 0 Å².